The fourth-order valence-corrected chi connectivity index (χ4v) is 2.44. The first-order valence-corrected chi connectivity index (χ1v) is 5.54. The molecular formula is C11H16O6. The van der Waals surface area contributed by atoms with Crippen LogP contribution in [0.4, 0.5) is 0 Å². The molecule has 1 saturated heterocycles. The average Bonchev–Trinajstić information content (AvgIpc) is 2.22. The summed E-state index contributed by atoms with van der Waals surface area (Å²) in [5.74, 6) is -1.45. The smallest absolute Gasteiger partial charge is 0.338 e. The minimum atomic E-state index is -1.82. The quantitative estimate of drug-likeness (QED) is 0.369. The molecule has 1 aliphatic carbocycles. The third-order valence-corrected chi connectivity index (χ3v) is 3.54. The number of hydrogen-bond acceptors (Lipinski definition) is 6. The van der Waals surface area contributed by atoms with E-state index in [0.717, 1.165) is 0 Å². The van der Waals surface area contributed by atoms with Gasteiger partial charge in [-0.2, -0.15) is 0 Å². The zero-order valence-corrected chi connectivity index (χ0v) is 9.46. The lowest BCUT2D eigenvalue weighted by molar-refractivity contribution is -0.220. The van der Waals surface area contributed by atoms with Gasteiger partial charge < -0.3 is 25.2 Å². The fraction of sp³-hybridized carbons (Fsp3) is 0.727. The number of ether oxygens (including phenoxy) is 1. The van der Waals surface area contributed by atoms with Gasteiger partial charge in [-0.25, -0.2) is 4.79 Å². The first-order chi connectivity index (χ1) is 7.85. The molecule has 1 aliphatic heterocycles. The van der Waals surface area contributed by atoms with Crippen LogP contribution in [0.25, 0.3) is 0 Å². The number of carbonyl (C=O) groups excluding carboxylic acids is 1. The maximum absolute atomic E-state index is 11.7. The van der Waals surface area contributed by atoms with Crippen LogP contribution in [0.15, 0.2) is 11.3 Å². The number of esters is 1. The van der Waals surface area contributed by atoms with Crippen LogP contribution in [0.3, 0.4) is 0 Å². The molecular weight excluding hydrogens is 228 g/mol. The standard InChI is InChI=1S/C11H16O6/c1-11(10(15)16)4-5-6(12)2-3-7(13)8(5)9(14)17-11/h5-6,10,12-13,15-16H,2-4H2,1H3. The zero-order chi connectivity index (χ0) is 12.8. The molecule has 6 nitrogen and oxygen atoms in total. The minimum absolute atomic E-state index is 0.0696. The fourth-order valence-electron chi connectivity index (χ4n) is 2.44. The second-order valence-electron chi connectivity index (χ2n) is 4.85. The molecule has 0 aromatic carbocycles. The molecule has 0 spiro atoms. The van der Waals surface area contributed by atoms with Crippen LogP contribution in [0.5, 0.6) is 0 Å². The minimum Gasteiger partial charge on any atom is -0.512 e. The number of rotatable bonds is 1. The Morgan fingerprint density at radius 3 is 2.71 bits per heavy atom. The summed E-state index contributed by atoms with van der Waals surface area (Å²) in [5, 5.41) is 37.9. The van der Waals surface area contributed by atoms with Crippen molar-refractivity contribution in [1.29, 1.82) is 0 Å². The largest absolute Gasteiger partial charge is 0.512 e. The summed E-state index contributed by atoms with van der Waals surface area (Å²) in [5.41, 5.74) is -1.37. The zero-order valence-electron chi connectivity index (χ0n) is 9.46. The number of fused-ring (bicyclic) bond motifs is 1. The maximum Gasteiger partial charge on any atom is 0.338 e. The van der Waals surface area contributed by atoms with E-state index in [4.69, 9.17) is 4.74 Å². The Morgan fingerprint density at radius 2 is 2.12 bits per heavy atom. The van der Waals surface area contributed by atoms with Gasteiger partial charge in [-0.05, 0) is 13.3 Å². The van der Waals surface area contributed by atoms with E-state index in [0.29, 0.717) is 6.42 Å². The van der Waals surface area contributed by atoms with Crippen LogP contribution in [0.2, 0.25) is 0 Å². The predicted octanol–water partition coefficient (Wildman–Crippen LogP) is -0.414. The van der Waals surface area contributed by atoms with Crippen LogP contribution in [0.1, 0.15) is 26.2 Å². The van der Waals surface area contributed by atoms with Crippen LogP contribution in [0, 0.1) is 5.92 Å². The SMILES string of the molecule is CC1(C(O)O)CC2C(=C(O)CCC2O)C(=O)O1. The average molecular weight is 244 g/mol. The molecule has 1 fully saturated rings. The van der Waals surface area contributed by atoms with E-state index < -0.39 is 29.9 Å². The molecule has 17 heavy (non-hydrogen) atoms. The van der Waals surface area contributed by atoms with E-state index in [1.165, 1.54) is 6.92 Å². The number of carbonyl (C=O) groups is 1. The highest BCUT2D eigenvalue weighted by atomic mass is 16.6. The van der Waals surface area contributed by atoms with E-state index >= 15 is 0 Å². The molecule has 96 valence electrons. The molecule has 0 aromatic rings. The second-order valence-corrected chi connectivity index (χ2v) is 4.85. The van der Waals surface area contributed by atoms with E-state index in [-0.39, 0.29) is 24.2 Å². The molecule has 0 amide bonds. The Morgan fingerprint density at radius 1 is 1.47 bits per heavy atom. The Bertz CT molecular complexity index is 374. The molecule has 1 heterocycles. The normalized spacial score (nSPS) is 38.1. The first kappa shape index (κ1) is 12.3. The summed E-state index contributed by atoms with van der Waals surface area (Å²) in [6.45, 7) is 1.39. The summed E-state index contributed by atoms with van der Waals surface area (Å²) >= 11 is 0. The van der Waals surface area contributed by atoms with Crippen LogP contribution >= 0.6 is 0 Å². The number of hydrogen-bond donors (Lipinski definition) is 4. The van der Waals surface area contributed by atoms with Crippen molar-refractivity contribution in [3.05, 3.63) is 11.3 Å². The van der Waals surface area contributed by atoms with Crippen molar-refractivity contribution in [2.24, 2.45) is 5.92 Å². The molecule has 4 N–H and O–H groups in total. The Kier molecular flexibility index (Phi) is 2.89. The van der Waals surface area contributed by atoms with Gasteiger partial charge in [0, 0.05) is 18.8 Å². The molecule has 6 heteroatoms. The Balaban J connectivity index is 2.36. The summed E-state index contributed by atoms with van der Waals surface area (Å²) in [6, 6.07) is 0. The summed E-state index contributed by atoms with van der Waals surface area (Å²) < 4.78 is 4.96. The van der Waals surface area contributed by atoms with Crippen LogP contribution in [-0.4, -0.2) is 44.4 Å². The number of cyclic esters (lactones) is 1. The monoisotopic (exact) mass is 244 g/mol. The highest BCUT2D eigenvalue weighted by molar-refractivity contribution is 5.91. The molecule has 0 bridgehead atoms. The third-order valence-electron chi connectivity index (χ3n) is 3.54. The van der Waals surface area contributed by atoms with Gasteiger partial charge in [-0.1, -0.05) is 0 Å². The van der Waals surface area contributed by atoms with Crippen molar-refractivity contribution in [2.45, 2.75) is 44.2 Å². The Hall–Kier alpha value is -1.11. The Labute approximate surface area is 98.1 Å². The van der Waals surface area contributed by atoms with Crippen molar-refractivity contribution in [3.8, 4) is 0 Å². The maximum atomic E-state index is 11.7. The van der Waals surface area contributed by atoms with Crippen LogP contribution in [-0.2, 0) is 9.53 Å². The van der Waals surface area contributed by atoms with Gasteiger partial charge in [0.05, 0.1) is 11.7 Å². The summed E-state index contributed by atoms with van der Waals surface area (Å²) in [4.78, 5) is 11.7. The molecule has 2 aliphatic rings. The molecule has 0 radical (unpaired) electrons. The molecule has 3 unspecified atom stereocenters. The van der Waals surface area contributed by atoms with Gasteiger partial charge in [-0.3, -0.25) is 0 Å². The molecule has 0 aromatic heterocycles. The number of aliphatic hydroxyl groups is 4. The number of allylic oxidation sites excluding steroid dienone is 1. The van der Waals surface area contributed by atoms with Crippen LogP contribution < -0.4 is 0 Å². The van der Waals surface area contributed by atoms with Crippen molar-refractivity contribution in [1.82, 2.24) is 0 Å². The van der Waals surface area contributed by atoms with Crippen molar-refractivity contribution >= 4 is 5.97 Å². The lowest BCUT2D eigenvalue weighted by Crippen LogP contribution is -2.52. The highest BCUT2D eigenvalue weighted by Gasteiger charge is 2.50. The van der Waals surface area contributed by atoms with E-state index in [2.05, 4.69) is 0 Å². The van der Waals surface area contributed by atoms with Gasteiger partial charge >= 0.3 is 5.97 Å². The van der Waals surface area contributed by atoms with Gasteiger partial charge in [-0.15, -0.1) is 0 Å². The van der Waals surface area contributed by atoms with Crippen molar-refractivity contribution in [3.63, 3.8) is 0 Å². The van der Waals surface area contributed by atoms with Gasteiger partial charge in [0.2, 0.25) is 0 Å². The van der Waals surface area contributed by atoms with E-state index in [9.17, 15) is 25.2 Å². The topological polar surface area (TPSA) is 107 Å². The second kappa shape index (κ2) is 3.97. The number of aliphatic hydroxyl groups excluding tert-OH is 3. The van der Waals surface area contributed by atoms with Gasteiger partial charge in [0.1, 0.15) is 5.76 Å². The van der Waals surface area contributed by atoms with Gasteiger partial charge in [0.25, 0.3) is 0 Å². The molecule has 0 saturated carbocycles. The predicted molar refractivity (Wildman–Crippen MR) is 55.7 cm³/mol. The van der Waals surface area contributed by atoms with Crippen molar-refractivity contribution < 1.29 is 30.0 Å². The summed E-state index contributed by atoms with van der Waals surface area (Å²) in [7, 11) is 0. The lowest BCUT2D eigenvalue weighted by Gasteiger charge is -2.42. The molecule has 3 atom stereocenters. The van der Waals surface area contributed by atoms with E-state index in [1.54, 1.807) is 0 Å². The first-order valence-electron chi connectivity index (χ1n) is 5.54. The van der Waals surface area contributed by atoms with E-state index in [1.807, 2.05) is 0 Å². The van der Waals surface area contributed by atoms with Crippen molar-refractivity contribution in [2.75, 3.05) is 0 Å². The summed E-state index contributed by atoms with van der Waals surface area (Å²) in [6.07, 6.45) is -1.92. The highest BCUT2D eigenvalue weighted by Crippen LogP contribution is 2.42. The third kappa shape index (κ3) is 1.92. The molecule has 2 rings (SSSR count). The van der Waals surface area contributed by atoms with Gasteiger partial charge in [0.15, 0.2) is 11.9 Å². The lowest BCUT2D eigenvalue weighted by atomic mass is 9.75.